The van der Waals surface area contributed by atoms with Gasteiger partial charge in [0.1, 0.15) is 0 Å². The van der Waals surface area contributed by atoms with Crippen molar-refractivity contribution in [3.05, 3.63) is 78.4 Å². The molecule has 0 spiro atoms. The normalized spacial score (nSPS) is 10.0. The first-order valence-corrected chi connectivity index (χ1v) is 9.07. The Morgan fingerprint density at radius 1 is 0.760 bits per heavy atom. The minimum Gasteiger partial charge on any atom is -0.277 e. The van der Waals surface area contributed by atoms with Gasteiger partial charge >= 0.3 is 0 Å². The number of unbranched alkanes of at least 4 members (excludes halogenated alkanes) is 2. The van der Waals surface area contributed by atoms with E-state index in [2.05, 4.69) is 50.3 Å². The summed E-state index contributed by atoms with van der Waals surface area (Å²) in [6.45, 7) is 9.80. The van der Waals surface area contributed by atoms with E-state index in [1.807, 2.05) is 36.4 Å². The molecule has 25 heavy (non-hydrogen) atoms. The number of benzene rings is 2. The molecule has 0 atom stereocenters. The van der Waals surface area contributed by atoms with E-state index in [0.29, 0.717) is 0 Å². The molecule has 0 amide bonds. The summed E-state index contributed by atoms with van der Waals surface area (Å²) in [6.07, 6.45) is 4.45. The van der Waals surface area contributed by atoms with Crippen LogP contribution in [0.4, 0.5) is 0 Å². The third-order valence-electron chi connectivity index (χ3n) is 3.56. The lowest BCUT2D eigenvalue weighted by Crippen LogP contribution is -2.16. The standard InChI is InChI=1S/C14H12.C8H19NO2/c1-12(13-8-4-2-5-9-13)14-10-6-3-7-11-14;1-3-5-7-10-9-11-8-6-4-2/h2-11H,1H2;9H,3-8H2,1-2H3. The van der Waals surface area contributed by atoms with E-state index >= 15 is 0 Å². The van der Waals surface area contributed by atoms with E-state index in [0.717, 1.165) is 44.5 Å². The molecule has 0 saturated carbocycles. The summed E-state index contributed by atoms with van der Waals surface area (Å²) < 4.78 is 0. The highest BCUT2D eigenvalue weighted by atomic mass is 16.9. The molecule has 0 fully saturated rings. The second kappa shape index (κ2) is 14.4. The van der Waals surface area contributed by atoms with Gasteiger partial charge in [0.15, 0.2) is 0 Å². The maximum Gasteiger partial charge on any atom is 0.0709 e. The van der Waals surface area contributed by atoms with Gasteiger partial charge < -0.3 is 0 Å². The van der Waals surface area contributed by atoms with Crippen molar-refractivity contribution < 1.29 is 9.68 Å². The summed E-state index contributed by atoms with van der Waals surface area (Å²) in [5, 5.41) is 0. The first-order valence-electron chi connectivity index (χ1n) is 9.07. The summed E-state index contributed by atoms with van der Waals surface area (Å²) in [7, 11) is 0. The van der Waals surface area contributed by atoms with Gasteiger partial charge in [0, 0.05) is 0 Å². The molecule has 3 nitrogen and oxygen atoms in total. The Labute approximate surface area is 152 Å². The zero-order valence-electron chi connectivity index (χ0n) is 15.5. The molecule has 0 aromatic heterocycles. The lowest BCUT2D eigenvalue weighted by atomic mass is 10.0. The second-order valence-corrected chi connectivity index (χ2v) is 5.70. The first-order chi connectivity index (χ1) is 12.3. The van der Waals surface area contributed by atoms with Gasteiger partial charge in [-0.05, 0) is 29.5 Å². The van der Waals surface area contributed by atoms with Crippen molar-refractivity contribution in [3.8, 4) is 0 Å². The summed E-state index contributed by atoms with van der Waals surface area (Å²) in [5.74, 6) is 0. The third-order valence-corrected chi connectivity index (χ3v) is 3.56. The second-order valence-electron chi connectivity index (χ2n) is 5.70. The lowest BCUT2D eigenvalue weighted by Gasteiger charge is -2.04. The quantitative estimate of drug-likeness (QED) is 0.438. The molecule has 0 aliphatic carbocycles. The van der Waals surface area contributed by atoms with Crippen LogP contribution in [0.5, 0.6) is 0 Å². The van der Waals surface area contributed by atoms with Crippen LogP contribution < -0.4 is 5.64 Å². The Hall–Kier alpha value is -1.94. The SMILES string of the molecule is C=C(c1ccccc1)c1ccccc1.CCCCONOCCCC. The van der Waals surface area contributed by atoms with E-state index in [9.17, 15) is 0 Å². The minimum absolute atomic E-state index is 0.725. The van der Waals surface area contributed by atoms with Gasteiger partial charge in [-0.25, -0.2) is 0 Å². The molecule has 2 aromatic rings. The molecule has 2 rings (SSSR count). The Bertz CT molecular complexity index is 505. The Morgan fingerprint density at radius 3 is 1.52 bits per heavy atom. The fourth-order valence-corrected chi connectivity index (χ4v) is 2.00. The van der Waals surface area contributed by atoms with E-state index in [-0.39, 0.29) is 0 Å². The predicted octanol–water partition coefficient (Wildman–Crippen LogP) is 5.79. The first kappa shape index (κ1) is 21.1. The van der Waals surface area contributed by atoms with E-state index < -0.39 is 0 Å². The van der Waals surface area contributed by atoms with Crippen molar-refractivity contribution in [2.75, 3.05) is 13.2 Å². The summed E-state index contributed by atoms with van der Waals surface area (Å²) in [6, 6.07) is 20.5. The van der Waals surface area contributed by atoms with Gasteiger partial charge in [0.25, 0.3) is 0 Å². The zero-order chi connectivity index (χ0) is 18.2. The van der Waals surface area contributed by atoms with Gasteiger partial charge in [0.2, 0.25) is 0 Å². The molecule has 0 bridgehead atoms. The molecule has 0 saturated heterocycles. The fraction of sp³-hybridized carbons (Fsp3) is 0.364. The van der Waals surface area contributed by atoms with Crippen LogP contribution >= 0.6 is 0 Å². The molecule has 1 N–H and O–H groups in total. The largest absolute Gasteiger partial charge is 0.277 e. The van der Waals surface area contributed by atoms with E-state index in [1.54, 1.807) is 0 Å². The van der Waals surface area contributed by atoms with Crippen molar-refractivity contribution >= 4 is 5.57 Å². The van der Waals surface area contributed by atoms with Crippen molar-refractivity contribution in [3.63, 3.8) is 0 Å². The average molecular weight is 341 g/mol. The van der Waals surface area contributed by atoms with Gasteiger partial charge in [-0.2, -0.15) is 0 Å². The molecular formula is C22H31NO2. The topological polar surface area (TPSA) is 30.5 Å². The van der Waals surface area contributed by atoms with Gasteiger partial charge in [-0.1, -0.05) is 99.6 Å². The highest BCUT2D eigenvalue weighted by molar-refractivity contribution is 5.77. The smallest absolute Gasteiger partial charge is 0.0709 e. The number of nitrogens with one attached hydrogen (secondary N) is 1. The van der Waals surface area contributed by atoms with Crippen LogP contribution in [0.25, 0.3) is 5.57 Å². The summed E-state index contributed by atoms with van der Waals surface area (Å²) >= 11 is 0. The average Bonchev–Trinajstić information content (AvgIpc) is 2.69. The van der Waals surface area contributed by atoms with Crippen molar-refractivity contribution in [1.82, 2.24) is 5.64 Å². The van der Waals surface area contributed by atoms with Crippen LogP contribution in [-0.2, 0) is 9.68 Å². The Kier molecular flexibility index (Phi) is 12.2. The molecule has 0 aliphatic heterocycles. The lowest BCUT2D eigenvalue weighted by molar-refractivity contribution is -0.171. The van der Waals surface area contributed by atoms with Crippen molar-refractivity contribution in [2.45, 2.75) is 39.5 Å². The summed E-state index contributed by atoms with van der Waals surface area (Å²) in [5.41, 5.74) is 5.89. The van der Waals surface area contributed by atoms with Gasteiger partial charge in [-0.15, -0.1) is 0 Å². The zero-order valence-corrected chi connectivity index (χ0v) is 15.5. The Morgan fingerprint density at radius 2 is 1.16 bits per heavy atom. The van der Waals surface area contributed by atoms with E-state index in [4.69, 9.17) is 9.68 Å². The maximum atomic E-state index is 4.95. The monoisotopic (exact) mass is 341 g/mol. The fourth-order valence-electron chi connectivity index (χ4n) is 2.00. The predicted molar refractivity (Wildman–Crippen MR) is 106 cm³/mol. The van der Waals surface area contributed by atoms with Crippen LogP contribution in [-0.4, -0.2) is 13.2 Å². The molecular weight excluding hydrogens is 310 g/mol. The van der Waals surface area contributed by atoms with Gasteiger partial charge in [-0.3, -0.25) is 9.68 Å². The molecule has 0 aliphatic rings. The highest BCUT2D eigenvalue weighted by Gasteiger charge is 1.99. The van der Waals surface area contributed by atoms with Crippen molar-refractivity contribution in [2.24, 2.45) is 0 Å². The molecule has 0 unspecified atom stereocenters. The minimum atomic E-state index is 0.725. The van der Waals surface area contributed by atoms with Gasteiger partial charge in [0.05, 0.1) is 13.2 Å². The molecule has 2 aromatic carbocycles. The van der Waals surface area contributed by atoms with Crippen LogP contribution in [0.3, 0.4) is 0 Å². The van der Waals surface area contributed by atoms with Crippen LogP contribution in [0.2, 0.25) is 0 Å². The number of rotatable bonds is 10. The van der Waals surface area contributed by atoms with Crippen molar-refractivity contribution in [1.29, 1.82) is 0 Å². The van der Waals surface area contributed by atoms with Crippen LogP contribution in [0, 0.1) is 0 Å². The number of hydrogen-bond donors (Lipinski definition) is 1. The Balaban J connectivity index is 0.000000260. The van der Waals surface area contributed by atoms with Crippen LogP contribution in [0.1, 0.15) is 50.7 Å². The van der Waals surface area contributed by atoms with Crippen LogP contribution in [0.15, 0.2) is 67.2 Å². The molecule has 0 radical (unpaired) electrons. The molecule has 136 valence electrons. The summed E-state index contributed by atoms with van der Waals surface area (Å²) in [4.78, 5) is 9.90. The maximum absolute atomic E-state index is 4.95. The van der Waals surface area contributed by atoms with E-state index in [1.165, 1.54) is 11.1 Å². The highest BCUT2D eigenvalue weighted by Crippen LogP contribution is 2.20. The third kappa shape index (κ3) is 9.82. The number of hydrogen-bond acceptors (Lipinski definition) is 3. The molecule has 0 heterocycles. The molecule has 3 heteroatoms.